The summed E-state index contributed by atoms with van der Waals surface area (Å²) in [6, 6.07) is 10.4. The first kappa shape index (κ1) is 25.2. The van der Waals surface area contributed by atoms with E-state index in [1.807, 2.05) is 31.6 Å². The Kier molecular flexibility index (Phi) is 6.28. The highest BCUT2D eigenvalue weighted by Crippen LogP contribution is 2.36. The van der Waals surface area contributed by atoms with Crippen LogP contribution in [0.4, 0.5) is 10.2 Å². The smallest absolute Gasteiger partial charge is 0.151 e. The van der Waals surface area contributed by atoms with Crippen molar-refractivity contribution in [3.8, 4) is 22.3 Å². The molecule has 9 heteroatoms. The van der Waals surface area contributed by atoms with Crippen LogP contribution in [0.15, 0.2) is 48.9 Å². The van der Waals surface area contributed by atoms with E-state index in [9.17, 15) is 0 Å². The van der Waals surface area contributed by atoms with Gasteiger partial charge in [-0.15, -0.1) is 0 Å². The zero-order valence-corrected chi connectivity index (χ0v) is 23.4. The zero-order valence-electron chi connectivity index (χ0n) is 23.4. The molecule has 2 fully saturated rings. The van der Waals surface area contributed by atoms with Gasteiger partial charge in [-0.3, -0.25) is 0 Å². The van der Waals surface area contributed by atoms with Gasteiger partial charge in [-0.05, 0) is 88.4 Å². The molecule has 2 aliphatic rings. The molecule has 0 radical (unpaired) electrons. The quantitative estimate of drug-likeness (QED) is 0.343. The standard InChI is InChI=1S/C31H35FN8/c1-20-36-30-27(32)15-22(16-28(30)40(20)24-5-8-37(2)9-6-24)26-19-35-31-25(26)14-23(18-34-31)21-4-7-33-29(17-21)39-12-10-38(3)11-13-39/h4,7,14-19,24H,5-6,8-13H2,1-3H3,(H,34,35). The third kappa shape index (κ3) is 4.43. The van der Waals surface area contributed by atoms with Gasteiger partial charge in [0.05, 0.1) is 5.52 Å². The maximum absolute atomic E-state index is 15.5. The predicted octanol–water partition coefficient (Wildman–Crippen LogP) is 5.11. The molecule has 0 unspecified atom stereocenters. The van der Waals surface area contributed by atoms with Crippen molar-refractivity contribution < 1.29 is 4.39 Å². The van der Waals surface area contributed by atoms with Gasteiger partial charge in [0.15, 0.2) is 5.82 Å². The topological polar surface area (TPSA) is 69.1 Å². The van der Waals surface area contributed by atoms with Crippen LogP contribution in [0.3, 0.4) is 0 Å². The Morgan fingerprint density at radius 3 is 2.45 bits per heavy atom. The van der Waals surface area contributed by atoms with Crippen LogP contribution in [0.2, 0.25) is 0 Å². The number of hydrogen-bond acceptors (Lipinski definition) is 6. The number of hydrogen-bond donors (Lipinski definition) is 1. The number of H-pyrrole nitrogens is 1. The molecule has 4 aromatic heterocycles. The highest BCUT2D eigenvalue weighted by molar-refractivity contribution is 5.98. The summed E-state index contributed by atoms with van der Waals surface area (Å²) in [5, 5.41) is 0.969. The van der Waals surface area contributed by atoms with Gasteiger partial charge in [0.25, 0.3) is 0 Å². The van der Waals surface area contributed by atoms with Gasteiger partial charge in [-0.2, -0.15) is 0 Å². The number of rotatable bonds is 4. The fourth-order valence-corrected chi connectivity index (χ4v) is 6.34. The lowest BCUT2D eigenvalue weighted by Crippen LogP contribution is -2.44. The summed E-state index contributed by atoms with van der Waals surface area (Å²) >= 11 is 0. The first-order valence-corrected chi connectivity index (χ1v) is 14.2. The van der Waals surface area contributed by atoms with Crippen LogP contribution in [0.25, 0.3) is 44.3 Å². The molecule has 2 saturated heterocycles. The minimum atomic E-state index is -0.285. The van der Waals surface area contributed by atoms with Crippen molar-refractivity contribution in [1.29, 1.82) is 0 Å². The second-order valence-electron chi connectivity index (χ2n) is 11.4. The Labute approximate surface area is 233 Å². The molecule has 8 nitrogen and oxygen atoms in total. The fourth-order valence-electron chi connectivity index (χ4n) is 6.34. The molecule has 206 valence electrons. The van der Waals surface area contributed by atoms with E-state index in [1.165, 1.54) is 0 Å². The fraction of sp³-hybridized carbons (Fsp3) is 0.387. The largest absolute Gasteiger partial charge is 0.354 e. The number of halogens is 1. The van der Waals surface area contributed by atoms with Crippen molar-refractivity contribution in [2.75, 3.05) is 58.3 Å². The molecule has 7 rings (SSSR count). The summed E-state index contributed by atoms with van der Waals surface area (Å²) in [7, 11) is 4.31. The monoisotopic (exact) mass is 538 g/mol. The summed E-state index contributed by atoms with van der Waals surface area (Å²) in [5.74, 6) is 1.58. The van der Waals surface area contributed by atoms with Gasteiger partial charge < -0.3 is 24.3 Å². The number of piperidine rings is 1. The molecular formula is C31H35FN8. The van der Waals surface area contributed by atoms with Gasteiger partial charge >= 0.3 is 0 Å². The van der Waals surface area contributed by atoms with E-state index >= 15 is 4.39 Å². The molecule has 0 saturated carbocycles. The van der Waals surface area contributed by atoms with Gasteiger partial charge in [0.1, 0.15) is 22.8 Å². The maximum atomic E-state index is 15.5. The van der Waals surface area contributed by atoms with Gasteiger partial charge in [0.2, 0.25) is 0 Å². The van der Waals surface area contributed by atoms with E-state index in [1.54, 1.807) is 6.07 Å². The average molecular weight is 539 g/mol. The van der Waals surface area contributed by atoms with E-state index in [-0.39, 0.29) is 5.82 Å². The molecule has 0 atom stereocenters. The number of anilines is 1. The highest BCUT2D eigenvalue weighted by atomic mass is 19.1. The molecule has 40 heavy (non-hydrogen) atoms. The van der Waals surface area contributed by atoms with Crippen molar-refractivity contribution in [2.45, 2.75) is 25.8 Å². The lowest BCUT2D eigenvalue weighted by molar-refractivity contribution is 0.222. The Morgan fingerprint density at radius 1 is 0.875 bits per heavy atom. The van der Waals surface area contributed by atoms with Crippen LogP contribution in [-0.2, 0) is 0 Å². The Bertz CT molecular complexity index is 1690. The molecule has 1 aromatic carbocycles. The predicted molar refractivity (Wildman–Crippen MR) is 158 cm³/mol. The van der Waals surface area contributed by atoms with Crippen LogP contribution in [0, 0.1) is 12.7 Å². The van der Waals surface area contributed by atoms with Crippen LogP contribution in [0.1, 0.15) is 24.7 Å². The van der Waals surface area contributed by atoms with E-state index in [0.29, 0.717) is 11.6 Å². The summed E-state index contributed by atoms with van der Waals surface area (Å²) in [5.41, 5.74) is 5.96. The molecule has 0 spiro atoms. The summed E-state index contributed by atoms with van der Waals surface area (Å²) in [6.45, 7) is 8.06. The molecule has 0 amide bonds. The minimum absolute atomic E-state index is 0.285. The van der Waals surface area contributed by atoms with E-state index in [2.05, 4.69) is 66.5 Å². The average Bonchev–Trinajstić information content (AvgIpc) is 3.54. The van der Waals surface area contributed by atoms with Crippen LogP contribution >= 0.6 is 0 Å². The number of aromatic nitrogens is 5. The van der Waals surface area contributed by atoms with Gasteiger partial charge in [-0.1, -0.05) is 0 Å². The SMILES string of the molecule is Cc1nc2c(F)cc(-c3c[nH]c4ncc(-c5ccnc(N6CCN(C)CC6)c5)cc34)cc2n1C1CCN(C)CC1. The highest BCUT2D eigenvalue weighted by Gasteiger charge is 2.24. The number of likely N-dealkylation sites (N-methyl/N-ethyl adjacent to an activating group) is 1. The molecule has 6 heterocycles. The number of pyridine rings is 2. The molecule has 2 aliphatic heterocycles. The Balaban J connectivity index is 1.27. The van der Waals surface area contributed by atoms with Crippen LogP contribution in [-0.4, -0.2) is 87.7 Å². The van der Waals surface area contributed by atoms with Gasteiger partial charge in [0, 0.05) is 67.3 Å². The van der Waals surface area contributed by atoms with E-state index in [4.69, 9.17) is 4.98 Å². The number of fused-ring (bicyclic) bond motifs is 2. The number of aryl methyl sites for hydroxylation is 1. The molecule has 5 aromatic rings. The van der Waals surface area contributed by atoms with Crippen molar-refractivity contribution in [1.82, 2.24) is 34.3 Å². The number of imidazole rings is 1. The number of likely N-dealkylation sites (tertiary alicyclic amines) is 1. The van der Waals surface area contributed by atoms with Crippen LogP contribution < -0.4 is 4.90 Å². The second-order valence-corrected chi connectivity index (χ2v) is 11.4. The number of piperazine rings is 1. The van der Waals surface area contributed by atoms with Crippen molar-refractivity contribution in [3.05, 3.63) is 60.6 Å². The zero-order chi connectivity index (χ0) is 27.4. The third-order valence-corrected chi connectivity index (χ3v) is 8.73. The van der Waals surface area contributed by atoms with E-state index < -0.39 is 0 Å². The van der Waals surface area contributed by atoms with Crippen LogP contribution in [0.5, 0.6) is 0 Å². The molecular weight excluding hydrogens is 503 g/mol. The minimum Gasteiger partial charge on any atom is -0.354 e. The molecule has 1 N–H and O–H groups in total. The summed E-state index contributed by atoms with van der Waals surface area (Å²) in [6.07, 6.45) is 7.79. The Morgan fingerprint density at radius 2 is 1.65 bits per heavy atom. The van der Waals surface area contributed by atoms with Gasteiger partial charge in [-0.25, -0.2) is 19.3 Å². The number of nitrogens with zero attached hydrogens (tertiary/aromatic N) is 7. The number of nitrogens with one attached hydrogen (secondary N) is 1. The van der Waals surface area contributed by atoms with Crippen molar-refractivity contribution >= 4 is 27.9 Å². The summed E-state index contributed by atoms with van der Waals surface area (Å²) in [4.78, 5) is 24.4. The maximum Gasteiger partial charge on any atom is 0.151 e. The van der Waals surface area contributed by atoms with Crippen molar-refractivity contribution in [2.24, 2.45) is 0 Å². The first-order chi connectivity index (χ1) is 19.4. The Hall–Kier alpha value is -3.82. The lowest BCUT2D eigenvalue weighted by atomic mass is 10.0. The summed E-state index contributed by atoms with van der Waals surface area (Å²) < 4.78 is 17.8. The second kappa shape index (κ2) is 9.98. The first-order valence-electron chi connectivity index (χ1n) is 14.2. The van der Waals surface area contributed by atoms with E-state index in [0.717, 1.165) is 103 Å². The number of benzene rings is 1. The third-order valence-electron chi connectivity index (χ3n) is 8.73. The molecule has 0 aliphatic carbocycles. The molecule has 0 bridgehead atoms. The number of aromatic amines is 1. The normalized spacial score (nSPS) is 17.9. The lowest BCUT2D eigenvalue weighted by Gasteiger charge is -2.33. The van der Waals surface area contributed by atoms with Crippen molar-refractivity contribution in [3.63, 3.8) is 0 Å².